The Morgan fingerprint density at radius 2 is 0.897 bits per heavy atom. The van der Waals surface area contributed by atoms with Crippen molar-refractivity contribution in [3.63, 3.8) is 0 Å². The van der Waals surface area contributed by atoms with E-state index in [9.17, 15) is 29.7 Å². The number of morpholine rings is 3. The van der Waals surface area contributed by atoms with Crippen molar-refractivity contribution in [3.05, 3.63) is 0 Å². The van der Waals surface area contributed by atoms with Crippen LogP contribution in [0.4, 0.5) is 4.79 Å². The van der Waals surface area contributed by atoms with Crippen molar-refractivity contribution in [2.75, 3.05) is 112 Å². The second-order valence-corrected chi connectivity index (χ2v) is 10.7. The molecule has 0 saturated carbocycles. The number of carbonyl (C=O) groups is 3. The molecule has 0 spiro atoms. The first-order chi connectivity index (χ1) is 18.8. The third-order valence-corrected chi connectivity index (χ3v) is 7.60. The molecule has 0 aromatic rings. The summed E-state index contributed by atoms with van der Waals surface area (Å²) in [6, 6.07) is -0.856. The highest BCUT2D eigenvalue weighted by Crippen LogP contribution is 2.24. The number of hydrogen-bond donors (Lipinski definition) is 3. The van der Waals surface area contributed by atoms with E-state index in [0.717, 1.165) is 9.80 Å². The summed E-state index contributed by atoms with van der Waals surface area (Å²) in [4.78, 5) is 48.0. The summed E-state index contributed by atoms with van der Waals surface area (Å²) in [6.45, 7) is 7.28. The van der Waals surface area contributed by atoms with Crippen molar-refractivity contribution >= 4 is 17.8 Å². The van der Waals surface area contributed by atoms with Gasteiger partial charge >= 0.3 is 6.03 Å². The molecule has 0 aliphatic carbocycles. The molecule has 14 heteroatoms. The molecule has 0 aromatic carbocycles. The van der Waals surface area contributed by atoms with Crippen LogP contribution in [-0.2, 0) is 23.8 Å². The molecule has 4 aliphatic heterocycles. The first-order valence-corrected chi connectivity index (χ1v) is 13.9. The van der Waals surface area contributed by atoms with E-state index >= 15 is 0 Å². The minimum atomic E-state index is -1.29. The lowest BCUT2D eigenvalue weighted by molar-refractivity contribution is -0.153. The number of nitrogens with zero attached hydrogens (tertiary/aromatic N) is 5. The van der Waals surface area contributed by atoms with Crippen LogP contribution in [0.2, 0.25) is 0 Å². The normalized spacial score (nSPS) is 27.2. The molecule has 4 saturated heterocycles. The van der Waals surface area contributed by atoms with Crippen LogP contribution >= 0.6 is 0 Å². The predicted octanol–water partition coefficient (Wildman–Crippen LogP) is -3.14. The number of rotatable bonds is 12. The molecule has 222 valence electrons. The number of aliphatic hydroxyl groups excluding tert-OH is 3. The van der Waals surface area contributed by atoms with Crippen molar-refractivity contribution in [1.82, 2.24) is 24.5 Å². The van der Waals surface area contributed by atoms with Crippen molar-refractivity contribution in [2.24, 2.45) is 5.92 Å². The minimum absolute atomic E-state index is 0.158. The van der Waals surface area contributed by atoms with Crippen molar-refractivity contribution in [2.45, 2.75) is 24.7 Å². The Kier molecular flexibility index (Phi) is 11.4. The highest BCUT2D eigenvalue weighted by atomic mass is 16.5. The molecule has 4 aliphatic rings. The molecule has 0 bridgehead atoms. The van der Waals surface area contributed by atoms with Crippen LogP contribution in [0.1, 0.15) is 6.42 Å². The molecule has 1 unspecified atom stereocenters. The van der Waals surface area contributed by atoms with Crippen LogP contribution in [0.5, 0.6) is 0 Å². The zero-order valence-corrected chi connectivity index (χ0v) is 22.6. The number of carbonyl (C=O) groups excluding carboxylic acids is 3. The fourth-order valence-corrected chi connectivity index (χ4v) is 5.48. The number of barbiturate groups is 1. The number of aliphatic hydroxyl groups is 3. The molecule has 4 heterocycles. The Labute approximate surface area is 228 Å². The first kappa shape index (κ1) is 30.2. The Balaban J connectivity index is 1.43. The summed E-state index contributed by atoms with van der Waals surface area (Å²) < 4.78 is 16.0. The maximum atomic E-state index is 13.4. The van der Waals surface area contributed by atoms with Gasteiger partial charge in [0, 0.05) is 58.9 Å². The Morgan fingerprint density at radius 1 is 0.564 bits per heavy atom. The van der Waals surface area contributed by atoms with Gasteiger partial charge in [0.15, 0.2) is 0 Å². The zero-order chi connectivity index (χ0) is 27.8. The van der Waals surface area contributed by atoms with Crippen LogP contribution in [0.3, 0.4) is 0 Å². The summed E-state index contributed by atoms with van der Waals surface area (Å²) in [5, 5.41) is 32.3. The lowest BCUT2D eigenvalue weighted by Crippen LogP contribution is -2.63. The number of hydrogen-bond acceptors (Lipinski definition) is 12. The molecule has 4 fully saturated rings. The zero-order valence-electron chi connectivity index (χ0n) is 22.6. The number of ether oxygens (including phenoxy) is 3. The molecular formula is C25H43N5O9. The fourth-order valence-electron chi connectivity index (χ4n) is 5.48. The Bertz CT molecular complexity index is 695. The lowest BCUT2D eigenvalue weighted by atomic mass is 9.95. The summed E-state index contributed by atoms with van der Waals surface area (Å²) in [5.74, 6) is -2.75. The van der Waals surface area contributed by atoms with Crippen molar-refractivity contribution < 1.29 is 43.9 Å². The van der Waals surface area contributed by atoms with Gasteiger partial charge in [-0.15, -0.1) is 0 Å². The van der Waals surface area contributed by atoms with Gasteiger partial charge < -0.3 is 29.5 Å². The van der Waals surface area contributed by atoms with Crippen LogP contribution in [0.15, 0.2) is 0 Å². The van der Waals surface area contributed by atoms with Crippen LogP contribution < -0.4 is 0 Å². The topological polar surface area (TPSA) is 156 Å². The van der Waals surface area contributed by atoms with Gasteiger partial charge in [0.2, 0.25) is 11.8 Å². The van der Waals surface area contributed by atoms with Gasteiger partial charge in [0.05, 0.1) is 71.0 Å². The third kappa shape index (κ3) is 8.62. The van der Waals surface area contributed by atoms with Crippen LogP contribution in [-0.4, -0.2) is 188 Å². The number of urea groups is 1. The van der Waals surface area contributed by atoms with E-state index in [1.54, 1.807) is 0 Å². The van der Waals surface area contributed by atoms with E-state index in [1.807, 2.05) is 14.7 Å². The SMILES string of the molecule is O=C1C(C[C@H](O)CN2CCOCC2)C(=O)N(C[C@@H](O)CN2CCOCC2)C(=O)N1C[C@H](O)CN1CCOCC1. The van der Waals surface area contributed by atoms with Gasteiger partial charge in [-0.1, -0.05) is 0 Å². The summed E-state index contributed by atoms with van der Waals surface area (Å²) in [5.41, 5.74) is 0. The maximum absolute atomic E-state index is 13.4. The third-order valence-electron chi connectivity index (χ3n) is 7.60. The van der Waals surface area contributed by atoms with Crippen molar-refractivity contribution in [1.29, 1.82) is 0 Å². The van der Waals surface area contributed by atoms with E-state index in [4.69, 9.17) is 14.2 Å². The number of β-amino-alcohol motifs (C(OH)–C–C–N with tert-alkyl or cyclic N) is 3. The van der Waals surface area contributed by atoms with Crippen LogP contribution in [0, 0.1) is 5.92 Å². The van der Waals surface area contributed by atoms with E-state index in [1.165, 1.54) is 0 Å². The van der Waals surface area contributed by atoms with E-state index < -0.39 is 42.1 Å². The molecule has 0 radical (unpaired) electrons. The van der Waals surface area contributed by atoms with E-state index in [2.05, 4.69) is 0 Å². The Hall–Kier alpha value is -1.75. The quantitative estimate of drug-likeness (QED) is 0.208. The number of amides is 4. The minimum Gasteiger partial charge on any atom is -0.392 e. The van der Waals surface area contributed by atoms with Gasteiger partial charge in [-0.25, -0.2) is 4.79 Å². The second-order valence-electron chi connectivity index (χ2n) is 10.7. The molecule has 4 atom stereocenters. The van der Waals surface area contributed by atoms with Gasteiger partial charge in [0.1, 0.15) is 5.92 Å². The molecule has 4 amide bonds. The summed E-state index contributed by atoms with van der Waals surface area (Å²) in [7, 11) is 0. The average Bonchev–Trinajstić information content (AvgIpc) is 2.93. The van der Waals surface area contributed by atoms with Gasteiger partial charge in [-0.2, -0.15) is 0 Å². The molecule has 0 aromatic heterocycles. The average molecular weight is 558 g/mol. The maximum Gasteiger partial charge on any atom is 0.333 e. The molecule has 3 N–H and O–H groups in total. The van der Waals surface area contributed by atoms with Crippen LogP contribution in [0.25, 0.3) is 0 Å². The molecule has 39 heavy (non-hydrogen) atoms. The molecule has 14 nitrogen and oxygen atoms in total. The summed E-state index contributed by atoms with van der Waals surface area (Å²) in [6.07, 6.45) is -3.19. The monoisotopic (exact) mass is 557 g/mol. The highest BCUT2D eigenvalue weighted by molar-refractivity contribution is 6.16. The fraction of sp³-hybridized carbons (Fsp3) is 0.880. The van der Waals surface area contributed by atoms with E-state index in [0.29, 0.717) is 78.9 Å². The van der Waals surface area contributed by atoms with Gasteiger partial charge in [-0.3, -0.25) is 34.1 Å². The van der Waals surface area contributed by atoms with Crippen molar-refractivity contribution in [3.8, 4) is 0 Å². The largest absolute Gasteiger partial charge is 0.392 e. The lowest BCUT2D eigenvalue weighted by Gasteiger charge is -2.40. The second kappa shape index (κ2) is 14.8. The highest BCUT2D eigenvalue weighted by Gasteiger charge is 2.47. The van der Waals surface area contributed by atoms with Gasteiger partial charge in [-0.05, 0) is 6.42 Å². The number of imide groups is 2. The molecule has 4 rings (SSSR count). The summed E-state index contributed by atoms with van der Waals surface area (Å²) >= 11 is 0. The standard InChI is InChI=1S/C25H43N5O9/c31-19(14-26-1-7-37-8-2-26)13-22-23(34)29(17-20(32)15-27-3-9-38-10-4-27)25(36)30(24(22)35)18-21(33)16-28-5-11-39-12-6-28/h19-22,31-33H,1-18H2/t19-,20-,21+,22?/m0/s1. The molecular weight excluding hydrogens is 514 g/mol. The Morgan fingerprint density at radius 3 is 1.26 bits per heavy atom. The van der Waals surface area contributed by atoms with E-state index in [-0.39, 0.29) is 39.1 Å². The smallest absolute Gasteiger partial charge is 0.333 e. The predicted molar refractivity (Wildman–Crippen MR) is 137 cm³/mol. The first-order valence-electron chi connectivity index (χ1n) is 13.9. The van der Waals surface area contributed by atoms with Gasteiger partial charge in [0.25, 0.3) is 0 Å².